The molecule has 7 nitrogen and oxygen atoms in total. The van der Waals surface area contributed by atoms with Gasteiger partial charge in [0, 0.05) is 12.6 Å². The number of hydrogen-bond donors (Lipinski definition) is 1. The fourth-order valence-corrected chi connectivity index (χ4v) is 2.15. The van der Waals surface area contributed by atoms with Crippen LogP contribution in [-0.2, 0) is 9.53 Å². The van der Waals surface area contributed by atoms with E-state index in [1.54, 1.807) is 13.0 Å². The van der Waals surface area contributed by atoms with E-state index in [1.807, 2.05) is 6.92 Å². The predicted molar refractivity (Wildman–Crippen MR) is 77.0 cm³/mol. The largest absolute Gasteiger partial charge is 0.465 e. The van der Waals surface area contributed by atoms with Gasteiger partial charge < -0.3 is 10.1 Å². The van der Waals surface area contributed by atoms with Gasteiger partial charge in [0.25, 0.3) is 0 Å². The molecule has 1 aromatic heterocycles. The molecule has 0 aromatic carbocycles. The number of thioether (sulfide) groups is 1. The first-order chi connectivity index (χ1) is 9.58. The number of nitrogens with one attached hydrogen (secondary N) is 1. The summed E-state index contributed by atoms with van der Waals surface area (Å²) >= 11 is 1.00. The zero-order chi connectivity index (χ0) is 15.0. The van der Waals surface area contributed by atoms with E-state index in [2.05, 4.69) is 10.3 Å². The van der Waals surface area contributed by atoms with Gasteiger partial charge in [-0.1, -0.05) is 18.7 Å². The highest BCUT2D eigenvalue weighted by Crippen LogP contribution is 2.28. The van der Waals surface area contributed by atoms with Gasteiger partial charge in [0.05, 0.1) is 17.3 Å². The third-order valence-corrected chi connectivity index (χ3v) is 3.18. The molecule has 110 valence electrons. The molecule has 20 heavy (non-hydrogen) atoms. The van der Waals surface area contributed by atoms with Crippen molar-refractivity contribution in [3.8, 4) is 0 Å². The number of hydrogen-bond acceptors (Lipinski definition) is 7. The van der Waals surface area contributed by atoms with Crippen molar-refractivity contribution in [2.45, 2.75) is 25.3 Å². The first kappa shape index (κ1) is 16.2. The summed E-state index contributed by atoms with van der Waals surface area (Å²) in [6.45, 7) is 4.73. The molecule has 0 aliphatic carbocycles. The van der Waals surface area contributed by atoms with Gasteiger partial charge in [0.1, 0.15) is 5.82 Å². The van der Waals surface area contributed by atoms with Crippen LogP contribution < -0.4 is 5.32 Å². The molecule has 0 aliphatic heterocycles. The highest BCUT2D eigenvalue weighted by atomic mass is 32.2. The van der Waals surface area contributed by atoms with Gasteiger partial charge in [-0.25, -0.2) is 4.98 Å². The van der Waals surface area contributed by atoms with E-state index in [-0.39, 0.29) is 23.1 Å². The Morgan fingerprint density at radius 3 is 2.85 bits per heavy atom. The van der Waals surface area contributed by atoms with Crippen molar-refractivity contribution < 1.29 is 14.5 Å². The maximum absolute atomic E-state index is 11.3. The smallest absolute Gasteiger partial charge is 0.316 e. The Balaban J connectivity index is 2.82. The molecule has 1 heterocycles. The highest BCUT2D eigenvalue weighted by molar-refractivity contribution is 8.00. The lowest BCUT2D eigenvalue weighted by Crippen LogP contribution is -2.08. The Morgan fingerprint density at radius 2 is 2.25 bits per heavy atom. The first-order valence-electron chi connectivity index (χ1n) is 6.26. The van der Waals surface area contributed by atoms with Crippen molar-refractivity contribution in [3.63, 3.8) is 0 Å². The minimum atomic E-state index is -0.510. The lowest BCUT2D eigenvalue weighted by Gasteiger charge is -2.07. The summed E-state index contributed by atoms with van der Waals surface area (Å²) < 4.78 is 4.79. The Hall–Kier alpha value is -1.83. The van der Waals surface area contributed by atoms with E-state index in [0.717, 1.165) is 24.7 Å². The topological polar surface area (TPSA) is 94.4 Å². The van der Waals surface area contributed by atoms with Gasteiger partial charge in [-0.3, -0.25) is 14.9 Å². The summed E-state index contributed by atoms with van der Waals surface area (Å²) in [6, 6.07) is 2.95. The molecule has 0 saturated carbocycles. The van der Waals surface area contributed by atoms with Crippen molar-refractivity contribution >= 4 is 29.2 Å². The molecule has 0 fully saturated rings. The number of anilines is 1. The number of esters is 1. The minimum absolute atomic E-state index is 0.00108. The molecule has 1 N–H and O–H groups in total. The quantitative estimate of drug-likeness (QED) is 0.341. The molecule has 0 atom stereocenters. The second-order valence-corrected chi connectivity index (χ2v) is 4.76. The number of carbonyl (C=O) groups excluding carboxylic acids is 1. The van der Waals surface area contributed by atoms with E-state index in [9.17, 15) is 14.9 Å². The van der Waals surface area contributed by atoms with Crippen LogP contribution in [0.3, 0.4) is 0 Å². The van der Waals surface area contributed by atoms with Gasteiger partial charge in [-0.05, 0) is 19.4 Å². The lowest BCUT2D eigenvalue weighted by atomic mass is 10.4. The van der Waals surface area contributed by atoms with Gasteiger partial charge in [-0.2, -0.15) is 0 Å². The maximum Gasteiger partial charge on any atom is 0.316 e. The fraction of sp³-hybridized carbons (Fsp3) is 0.500. The van der Waals surface area contributed by atoms with Crippen LogP contribution in [0.5, 0.6) is 0 Å². The zero-order valence-electron chi connectivity index (χ0n) is 11.4. The summed E-state index contributed by atoms with van der Waals surface area (Å²) in [6.07, 6.45) is 0.921. The Kier molecular flexibility index (Phi) is 6.78. The van der Waals surface area contributed by atoms with Gasteiger partial charge in [0.15, 0.2) is 5.03 Å². The van der Waals surface area contributed by atoms with E-state index in [0.29, 0.717) is 5.82 Å². The monoisotopic (exact) mass is 299 g/mol. The summed E-state index contributed by atoms with van der Waals surface area (Å²) in [4.78, 5) is 25.9. The van der Waals surface area contributed by atoms with E-state index < -0.39 is 10.9 Å². The van der Waals surface area contributed by atoms with Crippen molar-refractivity contribution in [3.05, 3.63) is 22.2 Å². The summed E-state index contributed by atoms with van der Waals surface area (Å²) in [7, 11) is 0. The van der Waals surface area contributed by atoms with Crippen LogP contribution in [0.4, 0.5) is 11.5 Å². The van der Waals surface area contributed by atoms with Crippen LogP contribution in [0.1, 0.15) is 20.3 Å². The maximum atomic E-state index is 11.3. The molecule has 0 amide bonds. The molecular weight excluding hydrogens is 282 g/mol. The number of ether oxygens (including phenoxy) is 1. The third kappa shape index (κ3) is 5.04. The normalized spacial score (nSPS) is 10.1. The summed E-state index contributed by atoms with van der Waals surface area (Å²) in [5.74, 6) is 0.142. The van der Waals surface area contributed by atoms with Gasteiger partial charge in [-0.15, -0.1) is 0 Å². The van der Waals surface area contributed by atoms with Crippen LogP contribution in [0.25, 0.3) is 0 Å². The van der Waals surface area contributed by atoms with E-state index in [4.69, 9.17) is 4.74 Å². The van der Waals surface area contributed by atoms with Crippen LogP contribution in [0.15, 0.2) is 17.2 Å². The molecule has 8 heteroatoms. The highest BCUT2D eigenvalue weighted by Gasteiger charge is 2.18. The summed E-state index contributed by atoms with van der Waals surface area (Å²) in [5, 5.41) is 14.2. The average Bonchev–Trinajstić information content (AvgIpc) is 2.43. The molecule has 0 spiro atoms. The number of pyridine rings is 1. The van der Waals surface area contributed by atoms with Crippen molar-refractivity contribution in [1.29, 1.82) is 0 Å². The van der Waals surface area contributed by atoms with E-state index >= 15 is 0 Å². The Labute approximate surface area is 121 Å². The molecule has 0 aliphatic rings. The van der Waals surface area contributed by atoms with Crippen molar-refractivity contribution in [1.82, 2.24) is 4.98 Å². The minimum Gasteiger partial charge on any atom is -0.465 e. The zero-order valence-corrected chi connectivity index (χ0v) is 12.2. The lowest BCUT2D eigenvalue weighted by molar-refractivity contribution is -0.388. The van der Waals surface area contributed by atoms with Gasteiger partial charge in [0.2, 0.25) is 0 Å². The van der Waals surface area contributed by atoms with Crippen LogP contribution in [-0.4, -0.2) is 34.8 Å². The average molecular weight is 299 g/mol. The van der Waals surface area contributed by atoms with E-state index in [1.165, 1.54) is 6.07 Å². The number of carbonyl (C=O) groups is 1. The molecule has 0 bridgehead atoms. The summed E-state index contributed by atoms with van der Waals surface area (Å²) in [5.41, 5.74) is -0.110. The molecular formula is C12H17N3O4S. The molecule has 1 rings (SSSR count). The SMILES string of the molecule is CCCNc1ccc([N+](=O)[O-])c(SCC(=O)OCC)n1. The standard InChI is InChI=1S/C12H17N3O4S/c1-3-7-13-10-6-5-9(15(17)18)12(14-10)20-8-11(16)19-4-2/h5-6H,3-4,7-8H2,1-2H3,(H,13,14). The van der Waals surface area contributed by atoms with Crippen LogP contribution >= 0.6 is 11.8 Å². The van der Waals surface area contributed by atoms with Crippen LogP contribution in [0.2, 0.25) is 0 Å². The number of nitrogens with zero attached hydrogens (tertiary/aromatic N) is 2. The Bertz CT molecular complexity index is 482. The second-order valence-electron chi connectivity index (χ2n) is 3.80. The van der Waals surface area contributed by atoms with Crippen molar-refractivity contribution in [2.24, 2.45) is 0 Å². The first-order valence-corrected chi connectivity index (χ1v) is 7.24. The Morgan fingerprint density at radius 1 is 1.50 bits per heavy atom. The van der Waals surface area contributed by atoms with Gasteiger partial charge >= 0.3 is 11.7 Å². The fourth-order valence-electron chi connectivity index (χ4n) is 1.36. The number of nitro groups is 1. The third-order valence-electron chi connectivity index (χ3n) is 2.23. The second kappa shape index (κ2) is 8.36. The molecule has 0 unspecified atom stereocenters. The van der Waals surface area contributed by atoms with Crippen LogP contribution in [0, 0.1) is 10.1 Å². The number of rotatable bonds is 8. The molecule has 1 aromatic rings. The van der Waals surface area contributed by atoms with Crippen molar-refractivity contribution in [2.75, 3.05) is 24.2 Å². The molecule has 0 saturated heterocycles. The predicted octanol–water partition coefficient (Wildman–Crippen LogP) is 2.47. The number of aromatic nitrogens is 1. The molecule has 0 radical (unpaired) electrons.